The zero-order chi connectivity index (χ0) is 20.4. The van der Waals surface area contributed by atoms with E-state index < -0.39 is 0 Å². The van der Waals surface area contributed by atoms with Crippen molar-refractivity contribution in [2.75, 3.05) is 32.1 Å². The Morgan fingerprint density at radius 3 is 2.72 bits per heavy atom. The van der Waals surface area contributed by atoms with E-state index in [9.17, 15) is 9.59 Å². The van der Waals surface area contributed by atoms with E-state index in [0.29, 0.717) is 47.4 Å². The highest BCUT2D eigenvalue weighted by Gasteiger charge is 2.20. The molecule has 0 radical (unpaired) electrons. The Bertz CT molecular complexity index is 1130. The summed E-state index contributed by atoms with van der Waals surface area (Å²) in [6, 6.07) is 12.7. The number of amides is 1. The summed E-state index contributed by atoms with van der Waals surface area (Å²) >= 11 is 7.37. The number of carbonyl (C=O) groups excluding carboxylic acids is 1. The van der Waals surface area contributed by atoms with Gasteiger partial charge in [0.2, 0.25) is 5.91 Å². The van der Waals surface area contributed by atoms with E-state index in [1.807, 2.05) is 31.2 Å². The van der Waals surface area contributed by atoms with Crippen LogP contribution in [0.5, 0.6) is 0 Å². The monoisotopic (exact) mass is 429 g/mol. The number of benzene rings is 2. The number of fused-ring (bicyclic) bond motifs is 1. The first-order chi connectivity index (χ1) is 14.0. The maximum absolute atomic E-state index is 13.3. The zero-order valence-electron chi connectivity index (χ0n) is 15.9. The van der Waals surface area contributed by atoms with Crippen molar-refractivity contribution < 1.29 is 9.53 Å². The van der Waals surface area contributed by atoms with Crippen LogP contribution in [-0.2, 0) is 9.53 Å². The van der Waals surface area contributed by atoms with Crippen LogP contribution in [0.4, 0.5) is 0 Å². The van der Waals surface area contributed by atoms with E-state index in [1.165, 1.54) is 11.8 Å². The molecule has 0 saturated carbocycles. The number of aryl methyl sites for hydroxylation is 1. The molecule has 1 fully saturated rings. The first kappa shape index (κ1) is 19.9. The Hall–Kier alpha value is -2.35. The van der Waals surface area contributed by atoms with Gasteiger partial charge in [0.15, 0.2) is 5.16 Å². The minimum absolute atomic E-state index is 0.00933. The van der Waals surface area contributed by atoms with Gasteiger partial charge in [-0.1, -0.05) is 41.6 Å². The van der Waals surface area contributed by atoms with E-state index in [1.54, 1.807) is 27.7 Å². The Labute approximate surface area is 177 Å². The van der Waals surface area contributed by atoms with Crippen molar-refractivity contribution in [3.8, 4) is 5.69 Å². The zero-order valence-corrected chi connectivity index (χ0v) is 17.5. The molecule has 0 N–H and O–H groups in total. The lowest BCUT2D eigenvalue weighted by Gasteiger charge is -2.26. The average Bonchev–Trinajstić information content (AvgIpc) is 2.73. The van der Waals surface area contributed by atoms with Crippen molar-refractivity contribution in [3.63, 3.8) is 0 Å². The lowest BCUT2D eigenvalue weighted by atomic mass is 10.2. The number of nitrogens with zero attached hydrogens (tertiary/aromatic N) is 3. The van der Waals surface area contributed by atoms with Crippen LogP contribution in [-0.4, -0.2) is 52.4 Å². The number of aromatic nitrogens is 2. The molecule has 1 saturated heterocycles. The van der Waals surface area contributed by atoms with Gasteiger partial charge in [0.05, 0.1) is 35.6 Å². The van der Waals surface area contributed by atoms with Crippen LogP contribution in [0.25, 0.3) is 16.6 Å². The van der Waals surface area contributed by atoms with Crippen molar-refractivity contribution in [1.29, 1.82) is 0 Å². The first-order valence-electron chi connectivity index (χ1n) is 9.31. The van der Waals surface area contributed by atoms with Crippen molar-refractivity contribution in [2.24, 2.45) is 0 Å². The van der Waals surface area contributed by atoms with Crippen molar-refractivity contribution in [2.45, 2.75) is 12.1 Å². The minimum atomic E-state index is -0.178. The van der Waals surface area contributed by atoms with Crippen LogP contribution in [0.3, 0.4) is 0 Å². The summed E-state index contributed by atoms with van der Waals surface area (Å²) in [6.45, 7) is 4.23. The van der Waals surface area contributed by atoms with E-state index in [4.69, 9.17) is 16.3 Å². The third-order valence-corrected chi connectivity index (χ3v) is 6.00. The van der Waals surface area contributed by atoms with E-state index in [2.05, 4.69) is 4.98 Å². The number of ether oxygens (including phenoxy) is 1. The molecule has 29 heavy (non-hydrogen) atoms. The fourth-order valence-electron chi connectivity index (χ4n) is 3.29. The maximum atomic E-state index is 13.3. The Kier molecular flexibility index (Phi) is 5.89. The van der Waals surface area contributed by atoms with Crippen LogP contribution >= 0.6 is 23.4 Å². The van der Waals surface area contributed by atoms with Gasteiger partial charge in [0.25, 0.3) is 5.56 Å². The van der Waals surface area contributed by atoms with E-state index in [-0.39, 0.29) is 17.2 Å². The second kappa shape index (κ2) is 8.57. The third kappa shape index (κ3) is 4.17. The maximum Gasteiger partial charge on any atom is 0.266 e. The normalized spacial score (nSPS) is 14.3. The molecule has 1 aromatic heterocycles. The molecule has 0 unspecified atom stereocenters. The molecule has 0 atom stereocenters. The number of morpholine rings is 1. The van der Waals surface area contributed by atoms with Gasteiger partial charge >= 0.3 is 0 Å². The highest BCUT2D eigenvalue weighted by Crippen LogP contribution is 2.24. The predicted octanol–water partition coefficient (Wildman–Crippen LogP) is 3.30. The van der Waals surface area contributed by atoms with Gasteiger partial charge in [-0.2, -0.15) is 0 Å². The second-order valence-corrected chi connectivity index (χ2v) is 8.14. The molecule has 4 rings (SSSR count). The van der Waals surface area contributed by atoms with Gasteiger partial charge in [-0.15, -0.1) is 0 Å². The smallest absolute Gasteiger partial charge is 0.266 e. The van der Waals surface area contributed by atoms with Gasteiger partial charge in [-0.25, -0.2) is 4.98 Å². The highest BCUT2D eigenvalue weighted by molar-refractivity contribution is 7.99. The first-order valence-corrected chi connectivity index (χ1v) is 10.7. The molecule has 2 aromatic carbocycles. The summed E-state index contributed by atoms with van der Waals surface area (Å²) in [5.74, 6) is 0.208. The van der Waals surface area contributed by atoms with Gasteiger partial charge in [-0.3, -0.25) is 14.2 Å². The molecule has 1 amide bonds. The second-order valence-electron chi connectivity index (χ2n) is 6.76. The lowest BCUT2D eigenvalue weighted by molar-refractivity contribution is -0.132. The molecule has 3 aromatic rings. The quantitative estimate of drug-likeness (QED) is 0.470. The number of halogens is 1. The summed E-state index contributed by atoms with van der Waals surface area (Å²) in [4.78, 5) is 32.4. The SMILES string of the molecule is Cc1ccccc1-n1c(SCC(=O)N2CCOCC2)nc2cc(Cl)ccc2c1=O. The average molecular weight is 430 g/mol. The number of hydrogen-bond donors (Lipinski definition) is 0. The number of hydrogen-bond acceptors (Lipinski definition) is 5. The Balaban J connectivity index is 1.76. The Morgan fingerprint density at radius 2 is 1.97 bits per heavy atom. The molecular weight excluding hydrogens is 410 g/mol. The van der Waals surface area contributed by atoms with Crippen molar-refractivity contribution >= 4 is 40.2 Å². The number of carbonyl (C=O) groups is 1. The molecule has 1 aliphatic heterocycles. The molecule has 6 nitrogen and oxygen atoms in total. The van der Waals surface area contributed by atoms with Crippen LogP contribution in [0.1, 0.15) is 5.56 Å². The number of rotatable bonds is 4. The fraction of sp³-hybridized carbons (Fsp3) is 0.286. The largest absolute Gasteiger partial charge is 0.378 e. The lowest BCUT2D eigenvalue weighted by Crippen LogP contribution is -2.41. The van der Waals surface area contributed by atoms with Crippen LogP contribution in [0.15, 0.2) is 52.4 Å². The molecule has 0 bridgehead atoms. The summed E-state index contributed by atoms with van der Waals surface area (Å²) in [5.41, 5.74) is 2.05. The van der Waals surface area contributed by atoms with Crippen LogP contribution in [0, 0.1) is 6.92 Å². The van der Waals surface area contributed by atoms with Crippen LogP contribution in [0.2, 0.25) is 5.02 Å². The van der Waals surface area contributed by atoms with Crippen LogP contribution < -0.4 is 5.56 Å². The number of para-hydroxylation sites is 1. The van der Waals surface area contributed by atoms with Gasteiger partial charge in [0, 0.05) is 18.1 Å². The molecule has 1 aliphatic rings. The Morgan fingerprint density at radius 1 is 1.21 bits per heavy atom. The van der Waals surface area contributed by atoms with Gasteiger partial charge in [0.1, 0.15) is 0 Å². The molecular formula is C21H20ClN3O3S. The molecule has 150 valence electrons. The third-order valence-electron chi connectivity index (χ3n) is 4.85. The topological polar surface area (TPSA) is 64.4 Å². The molecule has 0 spiro atoms. The summed E-state index contributed by atoms with van der Waals surface area (Å²) < 4.78 is 6.89. The molecule has 0 aliphatic carbocycles. The highest BCUT2D eigenvalue weighted by atomic mass is 35.5. The molecule has 2 heterocycles. The van der Waals surface area contributed by atoms with Gasteiger partial charge < -0.3 is 9.64 Å². The fourth-order valence-corrected chi connectivity index (χ4v) is 4.37. The predicted molar refractivity (Wildman–Crippen MR) is 115 cm³/mol. The minimum Gasteiger partial charge on any atom is -0.378 e. The van der Waals surface area contributed by atoms with Gasteiger partial charge in [-0.05, 0) is 36.8 Å². The van der Waals surface area contributed by atoms with E-state index >= 15 is 0 Å². The summed E-state index contributed by atoms with van der Waals surface area (Å²) in [7, 11) is 0. The number of thioether (sulfide) groups is 1. The standard InChI is InChI=1S/C21H20ClN3O3S/c1-14-4-2-3-5-18(14)25-20(27)16-7-6-15(22)12-17(16)23-21(25)29-13-19(26)24-8-10-28-11-9-24/h2-7,12H,8-11,13H2,1H3. The van der Waals surface area contributed by atoms with E-state index in [0.717, 1.165) is 11.3 Å². The summed E-state index contributed by atoms with van der Waals surface area (Å²) in [5, 5.41) is 1.47. The summed E-state index contributed by atoms with van der Waals surface area (Å²) in [6.07, 6.45) is 0. The van der Waals surface area contributed by atoms with Crippen molar-refractivity contribution in [1.82, 2.24) is 14.5 Å². The van der Waals surface area contributed by atoms with Crippen molar-refractivity contribution in [3.05, 3.63) is 63.4 Å². The molecule has 8 heteroatoms.